The Balaban J connectivity index is 1.55. The zero-order chi connectivity index (χ0) is 16.7. The van der Waals surface area contributed by atoms with Gasteiger partial charge in [0, 0.05) is 30.3 Å². The van der Waals surface area contributed by atoms with Gasteiger partial charge in [-0.3, -0.25) is 9.89 Å². The van der Waals surface area contributed by atoms with E-state index in [2.05, 4.69) is 16.3 Å². The summed E-state index contributed by atoms with van der Waals surface area (Å²) in [5, 5.41) is 7.73. The molecule has 1 amide bonds. The molecule has 2 aromatic rings. The summed E-state index contributed by atoms with van der Waals surface area (Å²) in [5.74, 6) is 1.27. The molecule has 6 nitrogen and oxygen atoms in total. The molecule has 0 saturated carbocycles. The molecule has 0 bridgehead atoms. The summed E-state index contributed by atoms with van der Waals surface area (Å²) in [6, 6.07) is 5.41. The Kier molecular flexibility index (Phi) is 3.84. The SMILES string of the molecule is Cc1cc([C@H]2CCCN(C(=O)c3cc(Cl)c4c(c3)OCO4)C2)n[nH]1. The highest BCUT2D eigenvalue weighted by Gasteiger charge is 2.28. The van der Waals surface area contributed by atoms with Crippen LogP contribution < -0.4 is 9.47 Å². The van der Waals surface area contributed by atoms with Crippen molar-refractivity contribution in [3.63, 3.8) is 0 Å². The lowest BCUT2D eigenvalue weighted by Gasteiger charge is -2.32. The van der Waals surface area contributed by atoms with Gasteiger partial charge in [0.2, 0.25) is 6.79 Å². The third-order valence-corrected chi connectivity index (χ3v) is 4.81. The number of ether oxygens (including phenoxy) is 2. The van der Waals surface area contributed by atoms with Gasteiger partial charge in [-0.1, -0.05) is 11.6 Å². The van der Waals surface area contributed by atoms with Crippen LogP contribution in [-0.4, -0.2) is 40.9 Å². The van der Waals surface area contributed by atoms with E-state index in [0.717, 1.165) is 30.8 Å². The number of benzene rings is 1. The van der Waals surface area contributed by atoms with Crippen LogP contribution in [0.4, 0.5) is 0 Å². The average Bonchev–Trinajstić information content (AvgIpc) is 3.23. The number of aromatic amines is 1. The highest BCUT2D eigenvalue weighted by molar-refractivity contribution is 6.32. The summed E-state index contributed by atoms with van der Waals surface area (Å²) in [4.78, 5) is 14.7. The molecule has 1 saturated heterocycles. The van der Waals surface area contributed by atoms with Crippen molar-refractivity contribution >= 4 is 17.5 Å². The monoisotopic (exact) mass is 347 g/mol. The van der Waals surface area contributed by atoms with Crippen molar-refractivity contribution in [2.24, 2.45) is 0 Å². The van der Waals surface area contributed by atoms with E-state index in [1.807, 2.05) is 11.8 Å². The van der Waals surface area contributed by atoms with Crippen LogP contribution in [0.2, 0.25) is 5.02 Å². The van der Waals surface area contributed by atoms with E-state index in [-0.39, 0.29) is 18.6 Å². The van der Waals surface area contributed by atoms with Crippen molar-refractivity contribution in [1.29, 1.82) is 0 Å². The van der Waals surface area contributed by atoms with E-state index in [4.69, 9.17) is 21.1 Å². The lowest BCUT2D eigenvalue weighted by atomic mass is 9.94. The first-order valence-corrected chi connectivity index (χ1v) is 8.40. The molecule has 2 aliphatic rings. The molecule has 2 aliphatic heterocycles. The third-order valence-electron chi connectivity index (χ3n) is 4.53. The third kappa shape index (κ3) is 2.71. The summed E-state index contributed by atoms with van der Waals surface area (Å²) in [7, 11) is 0. The van der Waals surface area contributed by atoms with Crippen LogP contribution in [0.3, 0.4) is 0 Å². The number of nitrogens with one attached hydrogen (secondary N) is 1. The highest BCUT2D eigenvalue weighted by atomic mass is 35.5. The number of fused-ring (bicyclic) bond motifs is 1. The van der Waals surface area contributed by atoms with Gasteiger partial charge in [0.05, 0.1) is 10.7 Å². The lowest BCUT2D eigenvalue weighted by Crippen LogP contribution is -2.39. The maximum Gasteiger partial charge on any atom is 0.254 e. The molecular formula is C17H18ClN3O3. The van der Waals surface area contributed by atoms with Crippen LogP contribution in [0, 0.1) is 6.92 Å². The second-order valence-corrected chi connectivity index (χ2v) is 6.67. The molecule has 3 heterocycles. The number of halogens is 1. The standard InChI is InChI=1S/C17H18ClN3O3/c1-10-5-14(20-19-10)11-3-2-4-21(8-11)17(22)12-6-13(18)16-15(7-12)23-9-24-16/h5-7,11H,2-4,8-9H2,1H3,(H,19,20)/t11-/m0/s1. The van der Waals surface area contributed by atoms with Gasteiger partial charge in [-0.25, -0.2) is 0 Å². The molecule has 126 valence electrons. The van der Waals surface area contributed by atoms with Crippen molar-refractivity contribution in [3.05, 3.63) is 40.2 Å². The van der Waals surface area contributed by atoms with Crippen LogP contribution in [0.25, 0.3) is 0 Å². The maximum absolute atomic E-state index is 12.9. The quantitative estimate of drug-likeness (QED) is 0.906. The Morgan fingerprint density at radius 1 is 1.38 bits per heavy atom. The molecule has 1 atom stereocenters. The van der Waals surface area contributed by atoms with Crippen molar-refractivity contribution in [2.45, 2.75) is 25.7 Å². The number of carbonyl (C=O) groups is 1. The average molecular weight is 348 g/mol. The number of aromatic nitrogens is 2. The van der Waals surface area contributed by atoms with Gasteiger partial charge >= 0.3 is 0 Å². The molecule has 1 N–H and O–H groups in total. The van der Waals surface area contributed by atoms with Gasteiger partial charge < -0.3 is 14.4 Å². The van der Waals surface area contributed by atoms with Crippen LogP contribution >= 0.6 is 11.6 Å². The fourth-order valence-corrected chi connectivity index (χ4v) is 3.59. The van der Waals surface area contributed by atoms with Crippen molar-refractivity contribution in [2.75, 3.05) is 19.9 Å². The van der Waals surface area contributed by atoms with E-state index in [1.54, 1.807) is 12.1 Å². The fraction of sp³-hybridized carbons (Fsp3) is 0.412. The van der Waals surface area contributed by atoms with Crippen LogP contribution in [-0.2, 0) is 0 Å². The number of likely N-dealkylation sites (tertiary alicyclic amines) is 1. The Labute approximate surface area is 144 Å². The number of rotatable bonds is 2. The maximum atomic E-state index is 12.9. The van der Waals surface area contributed by atoms with Crippen molar-refractivity contribution in [3.8, 4) is 11.5 Å². The molecule has 4 rings (SSSR count). The number of hydrogen-bond acceptors (Lipinski definition) is 4. The van der Waals surface area contributed by atoms with E-state index in [1.165, 1.54) is 0 Å². The van der Waals surface area contributed by atoms with Crippen molar-refractivity contribution < 1.29 is 14.3 Å². The molecular weight excluding hydrogens is 330 g/mol. The molecule has 1 fully saturated rings. The Morgan fingerprint density at radius 2 is 2.25 bits per heavy atom. The number of piperidine rings is 1. The largest absolute Gasteiger partial charge is 0.454 e. The molecule has 0 aliphatic carbocycles. The lowest BCUT2D eigenvalue weighted by molar-refractivity contribution is 0.0705. The highest BCUT2D eigenvalue weighted by Crippen LogP contribution is 2.40. The minimum Gasteiger partial charge on any atom is -0.454 e. The molecule has 7 heteroatoms. The molecule has 24 heavy (non-hydrogen) atoms. The molecule has 0 unspecified atom stereocenters. The fourth-order valence-electron chi connectivity index (χ4n) is 3.32. The summed E-state index contributed by atoms with van der Waals surface area (Å²) >= 11 is 6.20. The Hall–Kier alpha value is -2.21. The van der Waals surface area contributed by atoms with Crippen LogP contribution in [0.5, 0.6) is 11.5 Å². The first-order chi connectivity index (χ1) is 11.6. The van der Waals surface area contributed by atoms with Gasteiger partial charge in [0.1, 0.15) is 0 Å². The Morgan fingerprint density at radius 3 is 3.04 bits per heavy atom. The van der Waals surface area contributed by atoms with Gasteiger partial charge in [0.15, 0.2) is 11.5 Å². The topological polar surface area (TPSA) is 67.5 Å². The summed E-state index contributed by atoms with van der Waals surface area (Å²) in [6.07, 6.45) is 2.00. The minimum atomic E-state index is -0.0350. The number of aryl methyl sites for hydroxylation is 1. The van der Waals surface area contributed by atoms with Gasteiger partial charge in [-0.2, -0.15) is 5.10 Å². The van der Waals surface area contributed by atoms with Gasteiger partial charge in [-0.15, -0.1) is 0 Å². The first-order valence-electron chi connectivity index (χ1n) is 8.02. The zero-order valence-corrected chi connectivity index (χ0v) is 14.1. The molecule has 1 aromatic heterocycles. The van der Waals surface area contributed by atoms with E-state index in [0.29, 0.717) is 28.6 Å². The molecule has 0 spiro atoms. The number of carbonyl (C=O) groups excluding carboxylic acids is 1. The normalized spacial score (nSPS) is 19.6. The predicted molar refractivity (Wildman–Crippen MR) is 88.8 cm³/mol. The van der Waals surface area contributed by atoms with Crippen LogP contribution in [0.1, 0.15) is 40.5 Å². The number of amides is 1. The first kappa shape index (κ1) is 15.3. The van der Waals surface area contributed by atoms with Crippen molar-refractivity contribution in [1.82, 2.24) is 15.1 Å². The van der Waals surface area contributed by atoms with E-state index < -0.39 is 0 Å². The molecule has 0 radical (unpaired) electrons. The number of H-pyrrole nitrogens is 1. The summed E-state index contributed by atoms with van der Waals surface area (Å²) in [6.45, 7) is 3.52. The smallest absolute Gasteiger partial charge is 0.254 e. The Bertz CT molecular complexity index is 789. The second kappa shape index (κ2) is 6.02. The van der Waals surface area contributed by atoms with Crippen LogP contribution in [0.15, 0.2) is 18.2 Å². The number of hydrogen-bond donors (Lipinski definition) is 1. The van der Waals surface area contributed by atoms with Gasteiger partial charge in [-0.05, 0) is 38.0 Å². The van der Waals surface area contributed by atoms with Gasteiger partial charge in [0.25, 0.3) is 5.91 Å². The predicted octanol–water partition coefficient (Wildman–Crippen LogP) is 3.12. The van der Waals surface area contributed by atoms with E-state index >= 15 is 0 Å². The second-order valence-electron chi connectivity index (χ2n) is 6.26. The van der Waals surface area contributed by atoms with E-state index in [9.17, 15) is 4.79 Å². The molecule has 1 aromatic carbocycles. The minimum absolute atomic E-state index is 0.0350. The summed E-state index contributed by atoms with van der Waals surface area (Å²) < 4.78 is 10.7. The number of nitrogens with zero attached hydrogens (tertiary/aromatic N) is 2. The zero-order valence-electron chi connectivity index (χ0n) is 13.3. The summed E-state index contributed by atoms with van der Waals surface area (Å²) in [5.41, 5.74) is 2.59.